The lowest BCUT2D eigenvalue weighted by Crippen LogP contribution is -2.46. The first kappa shape index (κ1) is 53.5. The fourth-order valence-corrected chi connectivity index (χ4v) is 5.95. The topological polar surface area (TPSA) is 479 Å². The number of carbonyl (C=O) groups is 11. The molecule has 5 atom stereocenters. The van der Waals surface area contributed by atoms with Gasteiger partial charge in [-0.25, -0.2) is 33.9 Å². The number of aromatic amines is 1. The van der Waals surface area contributed by atoms with Gasteiger partial charge in [-0.05, 0) is 56.4 Å². The largest absolute Gasteiger partial charge is 0.481 e. The monoisotopic (exact) mass is 957 g/mol. The Morgan fingerprint density at radius 2 is 0.926 bits per heavy atom. The second-order valence-corrected chi connectivity index (χ2v) is 14.7. The highest BCUT2D eigenvalue weighted by Gasteiger charge is 2.28. The fourth-order valence-electron chi connectivity index (χ4n) is 5.95. The number of fused-ring (bicyclic) bond motifs is 1. The minimum absolute atomic E-state index is 0.0250. The molecule has 0 aliphatic rings. The van der Waals surface area contributed by atoms with E-state index >= 15 is 0 Å². The Morgan fingerprint density at radius 3 is 1.31 bits per heavy atom. The first-order valence-electron chi connectivity index (χ1n) is 20.2. The molecule has 0 saturated heterocycles. The number of nitrogens with one attached hydrogen (secondary N) is 7. The van der Waals surface area contributed by atoms with Gasteiger partial charge >= 0.3 is 35.8 Å². The molecule has 29 nitrogen and oxygen atoms in total. The molecule has 0 fully saturated rings. The van der Waals surface area contributed by atoms with E-state index < -0.39 is 165 Å². The first-order chi connectivity index (χ1) is 32.0. The molecule has 366 valence electrons. The summed E-state index contributed by atoms with van der Waals surface area (Å²) in [4.78, 5) is 159. The summed E-state index contributed by atoms with van der Waals surface area (Å²) in [7, 11) is 0. The molecule has 0 spiro atoms. The summed E-state index contributed by atoms with van der Waals surface area (Å²) in [5, 5.41) is 69.9. The normalized spacial score (nSPS) is 13.0. The zero-order chi connectivity index (χ0) is 50.7. The van der Waals surface area contributed by atoms with E-state index in [2.05, 4.69) is 46.5 Å². The van der Waals surface area contributed by atoms with Crippen LogP contribution in [0.1, 0.15) is 80.3 Å². The lowest BCUT2D eigenvalue weighted by Gasteiger charge is -2.19. The van der Waals surface area contributed by atoms with E-state index in [4.69, 9.17) is 15.9 Å². The molecule has 1 aromatic carbocycles. The highest BCUT2D eigenvalue weighted by Crippen LogP contribution is 2.13. The zero-order valence-corrected chi connectivity index (χ0v) is 35.6. The van der Waals surface area contributed by atoms with Crippen molar-refractivity contribution >= 4 is 88.2 Å². The van der Waals surface area contributed by atoms with Crippen molar-refractivity contribution in [2.45, 2.75) is 101 Å². The third kappa shape index (κ3) is 18.0. The predicted octanol–water partition coefficient (Wildman–Crippen LogP) is -2.65. The molecule has 0 aliphatic carbocycles. The van der Waals surface area contributed by atoms with Crippen molar-refractivity contribution in [2.24, 2.45) is 0 Å². The van der Waals surface area contributed by atoms with E-state index in [1.165, 1.54) is 30.5 Å². The molecule has 0 unspecified atom stereocenters. The number of nitrogens with two attached hydrogens (primary N) is 1. The Balaban J connectivity index is 1.44. The Kier molecular flexibility index (Phi) is 20.2. The molecule has 3 aromatic rings. The SMILES string of the molecule is Nc1nc2ncc(CNc3ccc(C(=O)N[C@H](CCC(=O)N[C@H](CCC(=O)N[C@H](CCC(=O)N[C@@H](CCC(=O)N[C@@H](CCC(=O)O)C(=O)O)C(=O)O)C(=O)O)C(=O)O)C(=O)O)cc3)nc2c(=O)[nH]1. The molecule has 3 rings (SSSR count). The summed E-state index contributed by atoms with van der Waals surface area (Å²) < 4.78 is 0. The summed E-state index contributed by atoms with van der Waals surface area (Å²) in [5.74, 6) is -14.1. The Bertz CT molecular complexity index is 2460. The van der Waals surface area contributed by atoms with Gasteiger partial charge in [-0.1, -0.05) is 0 Å². The molecule has 0 radical (unpaired) electrons. The van der Waals surface area contributed by atoms with Crippen LogP contribution in [0.4, 0.5) is 11.6 Å². The van der Waals surface area contributed by atoms with Gasteiger partial charge in [0.2, 0.25) is 29.6 Å². The van der Waals surface area contributed by atoms with Gasteiger partial charge in [0, 0.05) is 43.4 Å². The van der Waals surface area contributed by atoms with Crippen molar-refractivity contribution < 1.29 is 83.4 Å². The van der Waals surface area contributed by atoms with Crippen molar-refractivity contribution in [2.75, 3.05) is 11.1 Å². The molecule has 2 heterocycles. The Labute approximate surface area is 381 Å². The van der Waals surface area contributed by atoms with Crippen molar-refractivity contribution in [3.8, 4) is 0 Å². The van der Waals surface area contributed by atoms with Gasteiger partial charge in [-0.3, -0.25) is 38.5 Å². The summed E-state index contributed by atoms with van der Waals surface area (Å²) in [6.45, 7) is 0.114. The number of hydrogen-bond donors (Lipinski definition) is 14. The van der Waals surface area contributed by atoms with Gasteiger partial charge in [-0.2, -0.15) is 4.98 Å². The van der Waals surface area contributed by atoms with Crippen LogP contribution < -0.4 is 43.2 Å². The van der Waals surface area contributed by atoms with Crippen LogP contribution in [-0.2, 0) is 54.5 Å². The lowest BCUT2D eigenvalue weighted by molar-refractivity contribution is -0.144. The van der Waals surface area contributed by atoms with Crippen LogP contribution in [-0.4, -0.2) is 146 Å². The van der Waals surface area contributed by atoms with Crippen molar-refractivity contribution in [3.05, 3.63) is 52.1 Å². The number of rotatable bonds is 29. The number of H-pyrrole nitrogens is 1. The highest BCUT2D eigenvalue weighted by molar-refractivity contribution is 5.97. The third-order valence-corrected chi connectivity index (χ3v) is 9.53. The number of carboxylic acid groups (broad SMARTS) is 6. The number of amides is 5. The average molecular weight is 958 g/mol. The molecule has 15 N–H and O–H groups in total. The first-order valence-corrected chi connectivity index (χ1v) is 20.2. The number of carbonyl (C=O) groups excluding carboxylic acids is 5. The quantitative estimate of drug-likeness (QED) is 0.0338. The lowest BCUT2D eigenvalue weighted by atomic mass is 10.1. The number of aliphatic carboxylic acids is 6. The summed E-state index contributed by atoms with van der Waals surface area (Å²) in [6.07, 6.45) is -4.37. The minimum Gasteiger partial charge on any atom is -0.481 e. The van der Waals surface area contributed by atoms with Crippen molar-refractivity contribution in [1.82, 2.24) is 46.5 Å². The summed E-state index contributed by atoms with van der Waals surface area (Å²) in [5.41, 5.74) is 5.89. The fraction of sp³-hybridized carbons (Fsp3) is 0.410. The number of carboxylic acids is 6. The van der Waals surface area contributed by atoms with Gasteiger partial charge in [0.15, 0.2) is 11.2 Å². The van der Waals surface area contributed by atoms with Crippen LogP contribution in [0.3, 0.4) is 0 Å². The molecule has 2 aromatic heterocycles. The average Bonchev–Trinajstić information content (AvgIpc) is 3.26. The van der Waals surface area contributed by atoms with Crippen molar-refractivity contribution in [3.63, 3.8) is 0 Å². The maximum absolute atomic E-state index is 12.9. The predicted molar refractivity (Wildman–Crippen MR) is 227 cm³/mol. The standard InChI is InChI=1S/C39H47N11O18/c40-39-49-31-30(33(58)50-39)43-19(16-42-31)15-41-18-3-1-17(2-4-18)32(57)48-24(38(67)68)8-13-28(54)46-22(36(63)64)6-11-26(52)44-20(34(59)60)5-10-25(51)45-21(35(61)62)7-12-27(53)47-23(37(65)66)9-14-29(55)56/h1-4,16,20-24,41H,5-15H2,(H,44,52)(H,45,51)(H,46,54)(H,47,53)(H,48,57)(H,55,56)(H,59,60)(H,61,62)(H,63,64)(H,65,66)(H,67,68)(H3,40,42,49,50,58)/t20-,21+,22-,23+,24-/m1/s1. The number of nitrogen functional groups attached to an aromatic ring is 1. The number of anilines is 2. The van der Waals surface area contributed by atoms with Gasteiger partial charge < -0.3 is 68.3 Å². The van der Waals surface area contributed by atoms with Crippen LogP contribution in [0.5, 0.6) is 0 Å². The summed E-state index contributed by atoms with van der Waals surface area (Å²) in [6, 6.07) is -2.57. The smallest absolute Gasteiger partial charge is 0.326 e. The molecule has 0 saturated carbocycles. The van der Waals surface area contributed by atoms with Gasteiger partial charge in [0.1, 0.15) is 30.2 Å². The number of hydrogen-bond acceptors (Lipinski definition) is 17. The maximum atomic E-state index is 12.9. The van der Waals surface area contributed by atoms with Crippen LogP contribution >= 0.6 is 0 Å². The number of benzene rings is 1. The minimum atomic E-state index is -1.73. The Hall–Kier alpha value is -8.79. The molecule has 68 heavy (non-hydrogen) atoms. The van der Waals surface area contributed by atoms with Gasteiger partial charge in [0.05, 0.1) is 18.4 Å². The van der Waals surface area contributed by atoms with Gasteiger partial charge in [0.25, 0.3) is 11.5 Å². The second kappa shape index (κ2) is 25.6. The van der Waals surface area contributed by atoms with E-state index in [9.17, 15) is 78.0 Å². The van der Waals surface area contributed by atoms with E-state index in [1.807, 2.05) is 5.32 Å². The Morgan fingerprint density at radius 1 is 0.544 bits per heavy atom. The van der Waals surface area contributed by atoms with Crippen LogP contribution in [0.15, 0.2) is 35.3 Å². The molecular formula is C39H47N11O18. The van der Waals surface area contributed by atoms with Crippen molar-refractivity contribution in [1.29, 1.82) is 0 Å². The highest BCUT2D eigenvalue weighted by atomic mass is 16.4. The molecule has 5 amide bonds. The van der Waals surface area contributed by atoms with E-state index in [0.717, 1.165) is 0 Å². The van der Waals surface area contributed by atoms with Crippen LogP contribution in [0.25, 0.3) is 11.2 Å². The van der Waals surface area contributed by atoms with Gasteiger partial charge in [-0.15, -0.1) is 0 Å². The maximum Gasteiger partial charge on any atom is 0.326 e. The molecule has 0 aliphatic heterocycles. The summed E-state index contributed by atoms with van der Waals surface area (Å²) >= 11 is 0. The zero-order valence-electron chi connectivity index (χ0n) is 35.6. The van der Waals surface area contributed by atoms with E-state index in [-0.39, 0.29) is 29.2 Å². The van der Waals surface area contributed by atoms with E-state index in [0.29, 0.717) is 11.4 Å². The van der Waals surface area contributed by atoms with Crippen LogP contribution in [0.2, 0.25) is 0 Å². The third-order valence-electron chi connectivity index (χ3n) is 9.53. The molecular weight excluding hydrogens is 910 g/mol. The molecule has 29 heteroatoms. The molecule has 0 bridgehead atoms. The van der Waals surface area contributed by atoms with E-state index in [1.54, 1.807) is 0 Å². The van der Waals surface area contributed by atoms with Crippen LogP contribution in [0, 0.1) is 0 Å². The number of nitrogens with zero attached hydrogens (tertiary/aromatic N) is 3. The second-order valence-electron chi connectivity index (χ2n) is 14.7. The number of aromatic nitrogens is 4.